The van der Waals surface area contributed by atoms with Crippen molar-refractivity contribution in [2.75, 3.05) is 29.9 Å². The summed E-state index contributed by atoms with van der Waals surface area (Å²) >= 11 is 0. The highest BCUT2D eigenvalue weighted by molar-refractivity contribution is 7.91. The molecule has 1 saturated heterocycles. The first kappa shape index (κ1) is 14.4. The van der Waals surface area contributed by atoms with Gasteiger partial charge in [0.2, 0.25) is 0 Å². The Bertz CT molecular complexity index is 669. The summed E-state index contributed by atoms with van der Waals surface area (Å²) in [6, 6.07) is 5.53. The average molecular weight is 308 g/mol. The predicted octanol–water partition coefficient (Wildman–Crippen LogP) is 1.30. The number of hydrogen-bond donors (Lipinski definition) is 1. The second kappa shape index (κ2) is 5.33. The monoisotopic (exact) mass is 308 g/mol. The molecule has 5 nitrogen and oxygen atoms in total. The van der Waals surface area contributed by atoms with Gasteiger partial charge in [-0.1, -0.05) is 6.07 Å². The quantitative estimate of drug-likeness (QED) is 0.914. The van der Waals surface area contributed by atoms with Gasteiger partial charge in [0.05, 0.1) is 11.5 Å². The Morgan fingerprint density at radius 3 is 2.90 bits per heavy atom. The van der Waals surface area contributed by atoms with E-state index in [2.05, 4.69) is 5.32 Å². The number of benzene rings is 1. The minimum absolute atomic E-state index is 0.0731. The van der Waals surface area contributed by atoms with E-state index >= 15 is 0 Å². The molecule has 6 heteroatoms. The minimum atomic E-state index is -2.98. The molecule has 114 valence electrons. The fraction of sp³-hybridized carbons (Fsp3) is 0.533. The van der Waals surface area contributed by atoms with Crippen LogP contribution >= 0.6 is 0 Å². The summed E-state index contributed by atoms with van der Waals surface area (Å²) in [7, 11) is -2.98. The van der Waals surface area contributed by atoms with Gasteiger partial charge in [-0.05, 0) is 37.5 Å². The molecular formula is C15H20N2O3S. The zero-order valence-electron chi connectivity index (χ0n) is 12.1. The summed E-state index contributed by atoms with van der Waals surface area (Å²) in [5, 5.41) is 3.27. The molecule has 0 aromatic heterocycles. The smallest absolute Gasteiger partial charge is 0.254 e. The van der Waals surface area contributed by atoms with Crippen LogP contribution in [0.25, 0.3) is 0 Å². The van der Waals surface area contributed by atoms with Crippen molar-refractivity contribution >= 4 is 21.4 Å². The fourth-order valence-corrected chi connectivity index (χ4v) is 4.91. The van der Waals surface area contributed by atoms with Crippen molar-refractivity contribution in [3.8, 4) is 0 Å². The number of sulfone groups is 1. The lowest BCUT2D eigenvalue weighted by molar-refractivity contribution is 0.0708. The van der Waals surface area contributed by atoms with Crippen molar-refractivity contribution in [2.24, 2.45) is 0 Å². The summed E-state index contributed by atoms with van der Waals surface area (Å²) in [6.45, 7) is 3.34. The fourth-order valence-electron chi connectivity index (χ4n) is 3.18. The van der Waals surface area contributed by atoms with E-state index in [0.717, 1.165) is 18.7 Å². The van der Waals surface area contributed by atoms with Crippen LogP contribution in [0.1, 0.15) is 29.3 Å². The van der Waals surface area contributed by atoms with Gasteiger partial charge in [0.1, 0.15) is 0 Å². The van der Waals surface area contributed by atoms with Crippen LogP contribution in [0.2, 0.25) is 0 Å². The van der Waals surface area contributed by atoms with Gasteiger partial charge in [-0.15, -0.1) is 0 Å². The van der Waals surface area contributed by atoms with E-state index < -0.39 is 9.84 Å². The predicted molar refractivity (Wildman–Crippen MR) is 82.4 cm³/mol. The third-order valence-electron chi connectivity index (χ3n) is 4.32. The first-order chi connectivity index (χ1) is 10.00. The lowest BCUT2D eigenvalue weighted by atomic mass is 10.1. The summed E-state index contributed by atoms with van der Waals surface area (Å²) in [5.74, 6) is 0.208. The SMILES string of the molecule is CCN(C(=O)c1ccc2c(c1)NCC2)C1CCS(=O)(=O)C1. The Labute approximate surface area is 125 Å². The highest BCUT2D eigenvalue weighted by atomic mass is 32.2. The van der Waals surface area contributed by atoms with Gasteiger partial charge in [0.25, 0.3) is 5.91 Å². The van der Waals surface area contributed by atoms with Crippen LogP contribution in [0.3, 0.4) is 0 Å². The molecule has 2 heterocycles. The molecule has 1 atom stereocenters. The van der Waals surface area contributed by atoms with E-state index in [4.69, 9.17) is 0 Å². The molecule has 0 aliphatic carbocycles. The van der Waals surface area contributed by atoms with Crippen molar-refractivity contribution in [2.45, 2.75) is 25.8 Å². The molecule has 1 fully saturated rings. The van der Waals surface area contributed by atoms with E-state index in [0.29, 0.717) is 18.5 Å². The number of carbonyl (C=O) groups is 1. The summed E-state index contributed by atoms with van der Waals surface area (Å²) in [5.41, 5.74) is 2.89. The standard InChI is InChI=1S/C15H20N2O3S/c1-2-17(13-6-8-21(19,20)10-13)15(18)12-4-3-11-5-7-16-14(11)9-12/h3-4,9,13,16H,2,5-8,10H2,1H3. The molecule has 1 amide bonds. The number of fused-ring (bicyclic) bond motifs is 1. The Morgan fingerprint density at radius 1 is 1.43 bits per heavy atom. The molecule has 1 N–H and O–H groups in total. The van der Waals surface area contributed by atoms with Gasteiger partial charge < -0.3 is 10.2 Å². The Kier molecular flexibility index (Phi) is 3.65. The van der Waals surface area contributed by atoms with Crippen LogP contribution in [0.4, 0.5) is 5.69 Å². The van der Waals surface area contributed by atoms with Gasteiger partial charge in [-0.3, -0.25) is 4.79 Å². The molecular weight excluding hydrogens is 288 g/mol. The highest BCUT2D eigenvalue weighted by Crippen LogP contribution is 2.25. The normalized spacial score (nSPS) is 22.6. The van der Waals surface area contributed by atoms with Crippen molar-refractivity contribution in [3.63, 3.8) is 0 Å². The molecule has 0 saturated carbocycles. The van der Waals surface area contributed by atoms with Crippen molar-refractivity contribution in [1.29, 1.82) is 0 Å². The van der Waals surface area contributed by atoms with Gasteiger partial charge in [0.15, 0.2) is 9.84 Å². The minimum Gasteiger partial charge on any atom is -0.384 e. The second-order valence-electron chi connectivity index (χ2n) is 5.70. The summed E-state index contributed by atoms with van der Waals surface area (Å²) < 4.78 is 23.3. The van der Waals surface area contributed by atoms with Crippen LogP contribution in [0.15, 0.2) is 18.2 Å². The molecule has 0 spiro atoms. The Hall–Kier alpha value is -1.56. The molecule has 1 aromatic carbocycles. The van der Waals surface area contributed by atoms with Crippen molar-refractivity contribution in [1.82, 2.24) is 4.90 Å². The van der Waals surface area contributed by atoms with Crippen LogP contribution in [-0.2, 0) is 16.3 Å². The van der Waals surface area contributed by atoms with Crippen LogP contribution < -0.4 is 5.32 Å². The lowest BCUT2D eigenvalue weighted by Gasteiger charge is -2.27. The van der Waals surface area contributed by atoms with Crippen molar-refractivity contribution < 1.29 is 13.2 Å². The van der Waals surface area contributed by atoms with Crippen LogP contribution in [-0.4, -0.2) is 49.9 Å². The summed E-state index contributed by atoms with van der Waals surface area (Å²) in [4.78, 5) is 14.4. The van der Waals surface area contributed by atoms with Gasteiger partial charge in [0, 0.05) is 30.4 Å². The van der Waals surface area contributed by atoms with Crippen molar-refractivity contribution in [3.05, 3.63) is 29.3 Å². The first-order valence-electron chi connectivity index (χ1n) is 7.38. The number of anilines is 1. The van der Waals surface area contributed by atoms with Crippen LogP contribution in [0.5, 0.6) is 0 Å². The maximum Gasteiger partial charge on any atom is 0.254 e. The van der Waals surface area contributed by atoms with Gasteiger partial charge in [-0.25, -0.2) is 8.42 Å². The Balaban J connectivity index is 1.82. The number of nitrogens with zero attached hydrogens (tertiary/aromatic N) is 1. The number of hydrogen-bond acceptors (Lipinski definition) is 4. The van der Waals surface area contributed by atoms with E-state index in [1.807, 2.05) is 25.1 Å². The zero-order chi connectivity index (χ0) is 15.0. The molecule has 1 unspecified atom stereocenters. The second-order valence-corrected chi connectivity index (χ2v) is 7.93. The summed E-state index contributed by atoms with van der Waals surface area (Å²) in [6.07, 6.45) is 1.53. The van der Waals surface area contributed by atoms with E-state index in [1.54, 1.807) is 4.90 Å². The topological polar surface area (TPSA) is 66.5 Å². The average Bonchev–Trinajstić information content (AvgIpc) is 3.05. The highest BCUT2D eigenvalue weighted by Gasteiger charge is 2.34. The third-order valence-corrected chi connectivity index (χ3v) is 6.07. The number of rotatable bonds is 3. The van der Waals surface area contributed by atoms with Gasteiger partial charge in [-0.2, -0.15) is 0 Å². The van der Waals surface area contributed by atoms with Gasteiger partial charge >= 0.3 is 0 Å². The molecule has 2 aliphatic rings. The van der Waals surface area contributed by atoms with E-state index in [9.17, 15) is 13.2 Å². The zero-order valence-corrected chi connectivity index (χ0v) is 12.9. The van der Waals surface area contributed by atoms with E-state index in [1.165, 1.54) is 5.56 Å². The first-order valence-corrected chi connectivity index (χ1v) is 9.20. The molecule has 21 heavy (non-hydrogen) atoms. The third kappa shape index (κ3) is 2.77. The molecule has 3 rings (SSSR count). The molecule has 1 aromatic rings. The molecule has 2 aliphatic heterocycles. The maximum atomic E-state index is 12.7. The molecule has 0 radical (unpaired) electrons. The largest absolute Gasteiger partial charge is 0.384 e. The Morgan fingerprint density at radius 2 is 2.24 bits per heavy atom. The van der Waals surface area contributed by atoms with E-state index in [-0.39, 0.29) is 23.5 Å². The number of nitrogens with one attached hydrogen (secondary N) is 1. The van der Waals surface area contributed by atoms with Crippen LogP contribution in [0, 0.1) is 0 Å². The lowest BCUT2D eigenvalue weighted by Crippen LogP contribution is -2.41. The molecule has 0 bridgehead atoms. The number of carbonyl (C=O) groups excluding carboxylic acids is 1. The maximum absolute atomic E-state index is 12.7. The number of amides is 1.